The molecule has 2 aliphatic heterocycles. The average molecular weight is 330 g/mol. The van der Waals surface area contributed by atoms with Crippen LogP contribution in [0.2, 0.25) is 0 Å². The number of rotatable bonds is 4. The third-order valence-electron chi connectivity index (χ3n) is 5.33. The Hall–Kier alpha value is -1.79. The van der Waals surface area contributed by atoms with E-state index in [1.807, 2.05) is 18.2 Å². The molecule has 1 saturated heterocycles. The van der Waals surface area contributed by atoms with Gasteiger partial charge in [-0.1, -0.05) is 18.2 Å². The molecular weight excluding hydrogens is 304 g/mol. The number of aliphatic imine (C=N–C) groups is 1. The summed E-state index contributed by atoms with van der Waals surface area (Å²) in [5.41, 5.74) is 7.57. The molecule has 6 nitrogen and oxygen atoms in total. The van der Waals surface area contributed by atoms with Crippen LogP contribution in [0.3, 0.4) is 0 Å². The van der Waals surface area contributed by atoms with Gasteiger partial charge in [-0.2, -0.15) is 0 Å². The summed E-state index contributed by atoms with van der Waals surface area (Å²) in [7, 11) is 0. The molecule has 3 N–H and O–H groups in total. The molecule has 0 bridgehead atoms. The van der Waals surface area contributed by atoms with Crippen molar-refractivity contribution in [1.29, 1.82) is 0 Å². The Morgan fingerprint density at radius 2 is 2.04 bits per heavy atom. The standard InChI is InChI=1S/C18H26N4O2/c19-17(20-13-18(6-7-18)22-8-11-23-12-9-22)21-15-5-10-24-16-4-2-1-3-14(15)16/h1-4,15H,5-13H2,(H3,19,20,21). The lowest BCUT2D eigenvalue weighted by Gasteiger charge is -2.34. The number of nitrogens with zero attached hydrogens (tertiary/aromatic N) is 2. The van der Waals surface area contributed by atoms with E-state index in [0.29, 0.717) is 12.6 Å². The lowest BCUT2D eigenvalue weighted by atomic mass is 10.0. The molecule has 0 aromatic heterocycles. The summed E-state index contributed by atoms with van der Waals surface area (Å²) in [4.78, 5) is 7.19. The van der Waals surface area contributed by atoms with Crippen molar-refractivity contribution in [2.75, 3.05) is 39.5 Å². The monoisotopic (exact) mass is 330 g/mol. The third kappa shape index (κ3) is 3.21. The summed E-state index contributed by atoms with van der Waals surface area (Å²) in [5, 5.41) is 3.38. The fourth-order valence-corrected chi connectivity index (χ4v) is 3.70. The molecule has 4 rings (SSSR count). The van der Waals surface area contributed by atoms with Gasteiger partial charge in [0.25, 0.3) is 0 Å². The molecule has 0 amide bonds. The molecule has 1 atom stereocenters. The second-order valence-electron chi connectivity index (χ2n) is 6.90. The predicted octanol–water partition coefficient (Wildman–Crippen LogP) is 1.28. The summed E-state index contributed by atoms with van der Waals surface area (Å²) in [6.45, 7) is 5.17. The van der Waals surface area contributed by atoms with Crippen LogP contribution in [0.4, 0.5) is 0 Å². The van der Waals surface area contributed by atoms with E-state index in [1.165, 1.54) is 12.8 Å². The van der Waals surface area contributed by atoms with E-state index >= 15 is 0 Å². The van der Waals surface area contributed by atoms with E-state index in [9.17, 15) is 0 Å². The van der Waals surface area contributed by atoms with Crippen LogP contribution in [-0.2, 0) is 4.74 Å². The zero-order chi connectivity index (χ0) is 16.4. The number of guanidine groups is 1. The molecule has 6 heteroatoms. The number of benzene rings is 1. The molecule has 24 heavy (non-hydrogen) atoms. The Kier molecular flexibility index (Phi) is 4.33. The van der Waals surface area contributed by atoms with E-state index in [-0.39, 0.29) is 11.6 Å². The van der Waals surface area contributed by atoms with Crippen molar-refractivity contribution in [2.45, 2.75) is 30.8 Å². The van der Waals surface area contributed by atoms with E-state index in [4.69, 9.17) is 15.2 Å². The molecule has 1 saturated carbocycles. The second-order valence-corrected chi connectivity index (χ2v) is 6.90. The van der Waals surface area contributed by atoms with Crippen LogP contribution in [0.1, 0.15) is 30.9 Å². The smallest absolute Gasteiger partial charge is 0.189 e. The quantitative estimate of drug-likeness (QED) is 0.643. The number of nitrogens with one attached hydrogen (secondary N) is 1. The fraction of sp³-hybridized carbons (Fsp3) is 0.611. The highest BCUT2D eigenvalue weighted by Crippen LogP contribution is 2.42. The number of para-hydroxylation sites is 1. The van der Waals surface area contributed by atoms with Crippen molar-refractivity contribution in [2.24, 2.45) is 10.7 Å². The maximum Gasteiger partial charge on any atom is 0.189 e. The maximum atomic E-state index is 6.18. The van der Waals surface area contributed by atoms with Crippen LogP contribution in [0.5, 0.6) is 5.75 Å². The number of nitrogens with two attached hydrogens (primary N) is 1. The highest BCUT2D eigenvalue weighted by molar-refractivity contribution is 5.78. The number of ether oxygens (including phenoxy) is 2. The molecule has 1 aliphatic carbocycles. The van der Waals surface area contributed by atoms with E-state index < -0.39 is 0 Å². The zero-order valence-electron chi connectivity index (χ0n) is 14.0. The first kappa shape index (κ1) is 15.7. The van der Waals surface area contributed by atoms with Gasteiger partial charge in [0, 0.05) is 30.6 Å². The molecular formula is C18H26N4O2. The van der Waals surface area contributed by atoms with Crippen molar-refractivity contribution in [3.8, 4) is 5.75 Å². The molecule has 2 fully saturated rings. The van der Waals surface area contributed by atoms with Gasteiger partial charge in [-0.15, -0.1) is 0 Å². The Morgan fingerprint density at radius 1 is 1.25 bits per heavy atom. The first-order valence-corrected chi connectivity index (χ1v) is 8.88. The normalized spacial score (nSPS) is 26.3. The van der Waals surface area contributed by atoms with Crippen molar-refractivity contribution in [1.82, 2.24) is 10.2 Å². The average Bonchev–Trinajstić information content (AvgIpc) is 3.42. The van der Waals surface area contributed by atoms with Gasteiger partial charge in [-0.3, -0.25) is 9.89 Å². The SMILES string of the molecule is NC(=NCC1(N2CCOCC2)CC1)NC1CCOc2ccccc21. The van der Waals surface area contributed by atoms with Crippen LogP contribution in [-0.4, -0.2) is 55.9 Å². The minimum atomic E-state index is 0.178. The second kappa shape index (κ2) is 6.61. The maximum absolute atomic E-state index is 6.18. The third-order valence-corrected chi connectivity index (χ3v) is 5.33. The highest BCUT2D eigenvalue weighted by atomic mass is 16.5. The van der Waals surface area contributed by atoms with Gasteiger partial charge >= 0.3 is 0 Å². The molecule has 1 aromatic rings. The van der Waals surface area contributed by atoms with Crippen LogP contribution >= 0.6 is 0 Å². The van der Waals surface area contributed by atoms with Gasteiger partial charge in [0.1, 0.15) is 5.75 Å². The Balaban J connectivity index is 1.38. The minimum absolute atomic E-state index is 0.178. The lowest BCUT2D eigenvalue weighted by molar-refractivity contribution is 0.0117. The number of fused-ring (bicyclic) bond motifs is 1. The van der Waals surface area contributed by atoms with Crippen molar-refractivity contribution < 1.29 is 9.47 Å². The Bertz CT molecular complexity index is 609. The predicted molar refractivity (Wildman–Crippen MR) is 93.3 cm³/mol. The van der Waals surface area contributed by atoms with E-state index in [1.54, 1.807) is 0 Å². The largest absolute Gasteiger partial charge is 0.493 e. The fourth-order valence-electron chi connectivity index (χ4n) is 3.70. The van der Waals surface area contributed by atoms with Crippen molar-refractivity contribution >= 4 is 5.96 Å². The molecule has 0 radical (unpaired) electrons. The first-order chi connectivity index (χ1) is 11.8. The summed E-state index contributed by atoms with van der Waals surface area (Å²) in [6.07, 6.45) is 3.33. The summed E-state index contributed by atoms with van der Waals surface area (Å²) in [5.74, 6) is 1.48. The Labute approximate surface area is 143 Å². The molecule has 130 valence electrons. The summed E-state index contributed by atoms with van der Waals surface area (Å²) < 4.78 is 11.2. The zero-order valence-corrected chi connectivity index (χ0v) is 14.0. The topological polar surface area (TPSA) is 72.1 Å². The van der Waals surface area contributed by atoms with Gasteiger partial charge in [-0.25, -0.2) is 0 Å². The molecule has 2 heterocycles. The van der Waals surface area contributed by atoms with Crippen molar-refractivity contribution in [3.05, 3.63) is 29.8 Å². The van der Waals surface area contributed by atoms with Gasteiger partial charge in [0.2, 0.25) is 0 Å². The van der Waals surface area contributed by atoms with Crippen LogP contribution in [0.25, 0.3) is 0 Å². The van der Waals surface area contributed by atoms with Gasteiger partial charge in [0.15, 0.2) is 5.96 Å². The molecule has 1 unspecified atom stereocenters. The van der Waals surface area contributed by atoms with Crippen molar-refractivity contribution in [3.63, 3.8) is 0 Å². The van der Waals surface area contributed by atoms with Gasteiger partial charge < -0.3 is 20.5 Å². The lowest BCUT2D eigenvalue weighted by Crippen LogP contribution is -2.47. The first-order valence-electron chi connectivity index (χ1n) is 8.88. The molecule has 0 spiro atoms. The molecule has 1 aromatic carbocycles. The number of morpholine rings is 1. The van der Waals surface area contributed by atoms with E-state index in [0.717, 1.165) is 50.6 Å². The Morgan fingerprint density at radius 3 is 2.83 bits per heavy atom. The minimum Gasteiger partial charge on any atom is -0.493 e. The van der Waals surface area contributed by atoms with Crippen LogP contribution in [0.15, 0.2) is 29.3 Å². The van der Waals surface area contributed by atoms with Gasteiger partial charge in [-0.05, 0) is 18.9 Å². The summed E-state index contributed by atoms with van der Waals surface area (Å²) in [6, 6.07) is 8.31. The number of hydrogen-bond donors (Lipinski definition) is 2. The number of hydrogen-bond acceptors (Lipinski definition) is 4. The van der Waals surface area contributed by atoms with Gasteiger partial charge in [0.05, 0.1) is 32.4 Å². The van der Waals surface area contributed by atoms with Crippen LogP contribution in [0, 0.1) is 0 Å². The highest BCUT2D eigenvalue weighted by Gasteiger charge is 2.48. The molecule has 3 aliphatic rings. The van der Waals surface area contributed by atoms with Crippen LogP contribution < -0.4 is 15.8 Å². The summed E-state index contributed by atoms with van der Waals surface area (Å²) >= 11 is 0. The van der Waals surface area contributed by atoms with E-state index in [2.05, 4.69) is 21.3 Å².